The Morgan fingerprint density at radius 3 is 2.20 bits per heavy atom. The van der Waals surface area contributed by atoms with Crippen LogP contribution >= 0.6 is 0 Å². The minimum absolute atomic E-state index is 0.195. The number of rotatable bonds is 2. The molecule has 4 rings (SSSR count). The first kappa shape index (κ1) is 16.0. The first-order chi connectivity index (χ1) is 12.1. The lowest BCUT2D eigenvalue weighted by atomic mass is 10.0. The first-order valence-electron chi connectivity index (χ1n) is 8.84. The SMILES string of the molecule is Cc1ccc(-c2nnc(N3C[C@@H](C)O[C@H](C)C3)c3ccccc23)cc1. The van der Waals surface area contributed by atoms with Crippen LogP contribution in [0.4, 0.5) is 5.82 Å². The summed E-state index contributed by atoms with van der Waals surface area (Å²) in [4.78, 5) is 2.30. The maximum absolute atomic E-state index is 5.86. The second-order valence-corrected chi connectivity index (χ2v) is 6.95. The van der Waals surface area contributed by atoms with Crippen molar-refractivity contribution in [2.45, 2.75) is 33.0 Å². The van der Waals surface area contributed by atoms with Crippen molar-refractivity contribution in [1.29, 1.82) is 0 Å². The molecule has 1 saturated heterocycles. The molecule has 0 spiro atoms. The number of hydrogen-bond donors (Lipinski definition) is 0. The smallest absolute Gasteiger partial charge is 0.159 e. The van der Waals surface area contributed by atoms with Gasteiger partial charge in [-0.05, 0) is 20.8 Å². The topological polar surface area (TPSA) is 38.2 Å². The van der Waals surface area contributed by atoms with Gasteiger partial charge in [-0.15, -0.1) is 10.2 Å². The van der Waals surface area contributed by atoms with Crippen LogP contribution in [0, 0.1) is 6.92 Å². The van der Waals surface area contributed by atoms with Crippen molar-refractivity contribution in [1.82, 2.24) is 10.2 Å². The van der Waals surface area contributed by atoms with Crippen molar-refractivity contribution >= 4 is 16.6 Å². The average Bonchev–Trinajstić information content (AvgIpc) is 2.61. The third kappa shape index (κ3) is 3.10. The minimum atomic E-state index is 0.195. The maximum Gasteiger partial charge on any atom is 0.159 e. The van der Waals surface area contributed by atoms with Crippen LogP contribution in [-0.4, -0.2) is 35.5 Å². The summed E-state index contributed by atoms with van der Waals surface area (Å²) in [6.45, 7) is 8.00. The minimum Gasteiger partial charge on any atom is -0.372 e. The number of aryl methyl sites for hydroxylation is 1. The number of fused-ring (bicyclic) bond motifs is 1. The normalized spacial score (nSPS) is 20.8. The Kier molecular flexibility index (Phi) is 4.14. The molecule has 3 aromatic rings. The van der Waals surface area contributed by atoms with E-state index in [0.717, 1.165) is 40.9 Å². The van der Waals surface area contributed by atoms with E-state index in [4.69, 9.17) is 4.74 Å². The lowest BCUT2D eigenvalue weighted by Gasteiger charge is -2.36. The van der Waals surface area contributed by atoms with Crippen LogP contribution in [0.1, 0.15) is 19.4 Å². The predicted octanol–water partition coefficient (Wildman–Crippen LogP) is 4.22. The van der Waals surface area contributed by atoms with E-state index in [9.17, 15) is 0 Å². The molecular weight excluding hydrogens is 310 g/mol. The molecule has 0 radical (unpaired) electrons. The zero-order valence-corrected chi connectivity index (χ0v) is 14.9. The zero-order valence-electron chi connectivity index (χ0n) is 14.9. The molecule has 4 nitrogen and oxygen atoms in total. The molecule has 1 aliphatic rings. The van der Waals surface area contributed by atoms with E-state index in [1.165, 1.54) is 5.56 Å². The van der Waals surface area contributed by atoms with Crippen molar-refractivity contribution in [3.05, 3.63) is 54.1 Å². The molecule has 4 heteroatoms. The van der Waals surface area contributed by atoms with Gasteiger partial charge in [0.15, 0.2) is 5.82 Å². The molecule has 0 aliphatic carbocycles. The fourth-order valence-electron chi connectivity index (χ4n) is 3.60. The van der Waals surface area contributed by atoms with Gasteiger partial charge in [0.2, 0.25) is 0 Å². The quantitative estimate of drug-likeness (QED) is 0.704. The lowest BCUT2D eigenvalue weighted by Crippen LogP contribution is -2.46. The van der Waals surface area contributed by atoms with Crippen molar-refractivity contribution in [3.8, 4) is 11.3 Å². The number of morpholine rings is 1. The fourth-order valence-corrected chi connectivity index (χ4v) is 3.60. The van der Waals surface area contributed by atoms with Crippen molar-refractivity contribution in [3.63, 3.8) is 0 Å². The maximum atomic E-state index is 5.86. The molecule has 0 N–H and O–H groups in total. The molecule has 1 aromatic heterocycles. The molecule has 0 saturated carbocycles. The third-order valence-corrected chi connectivity index (χ3v) is 4.71. The Hall–Kier alpha value is -2.46. The number of anilines is 1. The molecule has 2 aromatic carbocycles. The van der Waals surface area contributed by atoms with Gasteiger partial charge < -0.3 is 9.64 Å². The van der Waals surface area contributed by atoms with Gasteiger partial charge in [0.25, 0.3) is 0 Å². The van der Waals surface area contributed by atoms with Crippen molar-refractivity contribution in [2.75, 3.05) is 18.0 Å². The van der Waals surface area contributed by atoms with E-state index < -0.39 is 0 Å². The van der Waals surface area contributed by atoms with E-state index in [0.29, 0.717) is 0 Å². The molecular formula is C21H23N3O. The van der Waals surface area contributed by atoms with Crippen LogP contribution in [-0.2, 0) is 4.74 Å². The summed E-state index contributed by atoms with van der Waals surface area (Å²) in [5, 5.41) is 11.5. The van der Waals surface area contributed by atoms with Gasteiger partial charge in [-0.1, -0.05) is 54.1 Å². The molecule has 0 amide bonds. The van der Waals surface area contributed by atoms with Crippen LogP contribution in [0.5, 0.6) is 0 Å². The Morgan fingerprint density at radius 1 is 0.880 bits per heavy atom. The summed E-state index contributed by atoms with van der Waals surface area (Å²) in [6.07, 6.45) is 0.391. The molecule has 128 valence electrons. The van der Waals surface area contributed by atoms with Gasteiger partial charge in [0.1, 0.15) is 5.69 Å². The van der Waals surface area contributed by atoms with Gasteiger partial charge >= 0.3 is 0 Å². The monoisotopic (exact) mass is 333 g/mol. The highest BCUT2D eigenvalue weighted by Gasteiger charge is 2.25. The van der Waals surface area contributed by atoms with E-state index >= 15 is 0 Å². The molecule has 1 fully saturated rings. The lowest BCUT2D eigenvalue weighted by molar-refractivity contribution is -0.00540. The van der Waals surface area contributed by atoms with E-state index in [1.54, 1.807) is 0 Å². The standard InChI is InChI=1S/C21H23N3O/c1-14-8-10-17(11-9-14)20-18-6-4-5-7-19(18)21(23-22-20)24-12-15(2)25-16(3)13-24/h4-11,15-16H,12-13H2,1-3H3/t15-,16-/m1/s1. The molecule has 2 heterocycles. The summed E-state index contributed by atoms with van der Waals surface area (Å²) in [6, 6.07) is 16.9. The van der Waals surface area contributed by atoms with Crippen LogP contribution in [0.15, 0.2) is 48.5 Å². The highest BCUT2D eigenvalue weighted by atomic mass is 16.5. The third-order valence-electron chi connectivity index (χ3n) is 4.71. The number of ether oxygens (including phenoxy) is 1. The average molecular weight is 333 g/mol. The first-order valence-corrected chi connectivity index (χ1v) is 8.84. The Morgan fingerprint density at radius 2 is 1.52 bits per heavy atom. The van der Waals surface area contributed by atoms with Gasteiger partial charge in [0, 0.05) is 29.4 Å². The van der Waals surface area contributed by atoms with Crippen LogP contribution < -0.4 is 4.90 Å². The summed E-state index contributed by atoms with van der Waals surface area (Å²) in [5.74, 6) is 0.952. The van der Waals surface area contributed by atoms with Crippen molar-refractivity contribution in [2.24, 2.45) is 0 Å². The Bertz CT molecular complexity index is 881. The van der Waals surface area contributed by atoms with Gasteiger partial charge in [-0.2, -0.15) is 0 Å². The zero-order chi connectivity index (χ0) is 17.4. The van der Waals surface area contributed by atoms with E-state index in [2.05, 4.69) is 84.4 Å². The molecule has 1 aliphatic heterocycles. The molecule has 2 atom stereocenters. The van der Waals surface area contributed by atoms with Crippen LogP contribution in [0.25, 0.3) is 22.0 Å². The Labute approximate surface area is 148 Å². The largest absolute Gasteiger partial charge is 0.372 e. The molecule has 0 bridgehead atoms. The summed E-state index contributed by atoms with van der Waals surface area (Å²) < 4.78 is 5.86. The number of hydrogen-bond acceptors (Lipinski definition) is 4. The number of benzene rings is 2. The van der Waals surface area contributed by atoms with Crippen LogP contribution in [0.2, 0.25) is 0 Å². The van der Waals surface area contributed by atoms with E-state index in [-0.39, 0.29) is 12.2 Å². The Balaban J connectivity index is 1.83. The fraction of sp³-hybridized carbons (Fsp3) is 0.333. The van der Waals surface area contributed by atoms with Gasteiger partial charge in [-0.25, -0.2) is 0 Å². The van der Waals surface area contributed by atoms with Crippen LogP contribution in [0.3, 0.4) is 0 Å². The van der Waals surface area contributed by atoms with Crippen molar-refractivity contribution < 1.29 is 4.74 Å². The molecule has 25 heavy (non-hydrogen) atoms. The van der Waals surface area contributed by atoms with E-state index in [1.807, 2.05) is 0 Å². The second-order valence-electron chi connectivity index (χ2n) is 6.95. The summed E-state index contributed by atoms with van der Waals surface area (Å²) in [7, 11) is 0. The number of aromatic nitrogens is 2. The van der Waals surface area contributed by atoms with Gasteiger partial charge in [-0.3, -0.25) is 0 Å². The highest BCUT2D eigenvalue weighted by Crippen LogP contribution is 2.32. The summed E-state index contributed by atoms with van der Waals surface area (Å²) >= 11 is 0. The molecule has 0 unspecified atom stereocenters. The van der Waals surface area contributed by atoms with Gasteiger partial charge in [0.05, 0.1) is 12.2 Å². The predicted molar refractivity (Wildman–Crippen MR) is 102 cm³/mol. The number of nitrogens with zero attached hydrogens (tertiary/aromatic N) is 3. The highest BCUT2D eigenvalue weighted by molar-refractivity contribution is 6.00. The second kappa shape index (κ2) is 6.45. The summed E-state index contributed by atoms with van der Waals surface area (Å²) in [5.41, 5.74) is 3.28.